The van der Waals surface area contributed by atoms with Crippen LogP contribution in [-0.4, -0.2) is 64.9 Å². The van der Waals surface area contributed by atoms with E-state index in [1.54, 1.807) is 0 Å². The van der Waals surface area contributed by atoms with E-state index in [-0.39, 0.29) is 30.1 Å². The summed E-state index contributed by atoms with van der Waals surface area (Å²) in [5.41, 5.74) is 0.667. The molecular weight excluding hydrogens is 582 g/mol. The highest BCUT2D eigenvalue weighted by Gasteiger charge is 2.33. The number of halogens is 3. The Hall–Kier alpha value is -2.59. The SMILES string of the molecule is CC1CCC(NC(=O)N(CCCl)N=O)CC1.O=C(CCCN1CCC(O)(c2ccc(Cl)cc2)CC1)c1ccc(F)cc1. The Morgan fingerprint density at radius 1 is 1.07 bits per heavy atom. The molecule has 2 amide bonds. The lowest BCUT2D eigenvalue weighted by atomic mass is 9.84. The maximum Gasteiger partial charge on any atom is 0.340 e. The zero-order chi connectivity index (χ0) is 30.5. The van der Waals surface area contributed by atoms with E-state index in [9.17, 15) is 24.0 Å². The first kappa shape index (κ1) is 33.9. The third-order valence-electron chi connectivity index (χ3n) is 8.08. The number of likely N-dealkylation sites (tertiary alicyclic amines) is 1. The van der Waals surface area contributed by atoms with Crippen molar-refractivity contribution in [1.29, 1.82) is 0 Å². The molecule has 1 saturated heterocycles. The van der Waals surface area contributed by atoms with Gasteiger partial charge in [-0.05, 0) is 99.4 Å². The number of carbonyl (C=O) groups excluding carboxylic acids is 2. The molecule has 230 valence electrons. The highest BCUT2D eigenvalue weighted by atomic mass is 35.5. The molecule has 2 aromatic rings. The van der Waals surface area contributed by atoms with Crippen LogP contribution in [-0.2, 0) is 5.60 Å². The van der Waals surface area contributed by atoms with E-state index in [0.29, 0.717) is 29.8 Å². The molecule has 0 atom stereocenters. The summed E-state index contributed by atoms with van der Waals surface area (Å²) < 4.78 is 12.9. The lowest BCUT2D eigenvalue weighted by molar-refractivity contribution is -0.0260. The van der Waals surface area contributed by atoms with Crippen LogP contribution in [0.5, 0.6) is 0 Å². The van der Waals surface area contributed by atoms with Crippen LogP contribution in [0.15, 0.2) is 53.8 Å². The van der Waals surface area contributed by atoms with Gasteiger partial charge in [-0.2, -0.15) is 5.01 Å². The summed E-state index contributed by atoms with van der Waals surface area (Å²) in [5.74, 6) is 0.653. The number of rotatable bonds is 10. The minimum absolute atomic E-state index is 0.0414. The third-order valence-corrected chi connectivity index (χ3v) is 8.50. The van der Waals surface area contributed by atoms with Crippen molar-refractivity contribution in [2.45, 2.75) is 69.9 Å². The van der Waals surface area contributed by atoms with E-state index < -0.39 is 11.6 Å². The zero-order valence-corrected chi connectivity index (χ0v) is 25.6. The number of nitrogens with one attached hydrogen (secondary N) is 1. The summed E-state index contributed by atoms with van der Waals surface area (Å²) in [4.78, 5) is 36.4. The number of benzene rings is 2. The first-order chi connectivity index (χ1) is 20.1. The molecule has 11 heteroatoms. The van der Waals surface area contributed by atoms with Crippen molar-refractivity contribution in [1.82, 2.24) is 15.2 Å². The van der Waals surface area contributed by atoms with Crippen molar-refractivity contribution in [2.24, 2.45) is 11.2 Å². The summed E-state index contributed by atoms with van der Waals surface area (Å²) in [6, 6.07) is 12.8. The highest BCUT2D eigenvalue weighted by molar-refractivity contribution is 6.30. The third kappa shape index (κ3) is 10.6. The van der Waals surface area contributed by atoms with Gasteiger partial charge in [-0.1, -0.05) is 30.7 Å². The second-order valence-electron chi connectivity index (χ2n) is 11.2. The monoisotopic (exact) mass is 622 g/mol. The smallest absolute Gasteiger partial charge is 0.340 e. The number of amides is 2. The van der Waals surface area contributed by atoms with Gasteiger partial charge in [-0.25, -0.2) is 9.18 Å². The van der Waals surface area contributed by atoms with Crippen LogP contribution in [0, 0.1) is 16.6 Å². The molecule has 2 aromatic carbocycles. The minimum Gasteiger partial charge on any atom is -0.385 e. The molecular formula is C31H41Cl2FN4O4. The Labute approximate surface area is 257 Å². The predicted octanol–water partition coefficient (Wildman–Crippen LogP) is 6.92. The van der Waals surface area contributed by atoms with Gasteiger partial charge < -0.3 is 15.3 Å². The van der Waals surface area contributed by atoms with Crippen LogP contribution in [0.2, 0.25) is 5.02 Å². The Kier molecular flexibility index (Phi) is 13.6. The molecule has 42 heavy (non-hydrogen) atoms. The van der Waals surface area contributed by atoms with E-state index in [2.05, 4.69) is 22.4 Å². The molecule has 2 fully saturated rings. The Morgan fingerprint density at radius 2 is 1.69 bits per heavy atom. The second-order valence-corrected chi connectivity index (χ2v) is 12.0. The van der Waals surface area contributed by atoms with E-state index in [4.69, 9.17) is 23.2 Å². The van der Waals surface area contributed by atoms with E-state index in [1.807, 2.05) is 24.3 Å². The molecule has 1 heterocycles. The fourth-order valence-electron chi connectivity index (χ4n) is 5.35. The van der Waals surface area contributed by atoms with E-state index in [0.717, 1.165) is 68.2 Å². The van der Waals surface area contributed by atoms with Gasteiger partial charge in [0.1, 0.15) is 5.82 Å². The largest absolute Gasteiger partial charge is 0.385 e. The second kappa shape index (κ2) is 16.9. The number of urea groups is 1. The fraction of sp³-hybridized carbons (Fsp3) is 0.548. The standard InChI is InChI=1S/C21H23ClFNO2.C10H18ClN3O2/c22-18-7-5-17(6-8-18)21(26)11-14-24(15-12-21)13-1-2-20(25)16-3-9-19(23)10-4-16;1-8-2-4-9(5-3-8)12-10(15)14(13-16)7-6-11/h3-10,26H,1-2,11-15H2;8-9H,2-7H2,1H3,(H,12,15). The number of alkyl halides is 1. The van der Waals surface area contributed by atoms with Gasteiger partial charge in [0.05, 0.1) is 17.4 Å². The summed E-state index contributed by atoms with van der Waals surface area (Å²) in [6.45, 7) is 4.78. The molecule has 8 nitrogen and oxygen atoms in total. The highest BCUT2D eigenvalue weighted by Crippen LogP contribution is 2.33. The number of carbonyl (C=O) groups is 2. The Morgan fingerprint density at radius 3 is 2.26 bits per heavy atom. The number of aliphatic hydroxyl groups is 1. The lowest BCUT2D eigenvalue weighted by Gasteiger charge is -2.38. The maximum absolute atomic E-state index is 12.9. The Bertz CT molecular complexity index is 1140. The Balaban J connectivity index is 0.000000260. The van der Waals surface area contributed by atoms with Gasteiger partial charge >= 0.3 is 6.03 Å². The number of Topliss-reactive ketones (excluding diaryl/α,β-unsaturated/α-hetero) is 1. The van der Waals surface area contributed by atoms with E-state index >= 15 is 0 Å². The fourth-order valence-corrected chi connectivity index (χ4v) is 5.64. The van der Waals surface area contributed by atoms with Crippen LogP contribution in [0.25, 0.3) is 0 Å². The average molecular weight is 624 g/mol. The van der Waals surface area contributed by atoms with Gasteiger partial charge in [0.15, 0.2) is 5.78 Å². The predicted molar refractivity (Wildman–Crippen MR) is 164 cm³/mol. The number of nitrogens with zero attached hydrogens (tertiary/aromatic N) is 3. The molecule has 2 N–H and O–H groups in total. The first-order valence-corrected chi connectivity index (χ1v) is 15.5. The average Bonchev–Trinajstić information content (AvgIpc) is 2.99. The molecule has 1 saturated carbocycles. The number of hydrogen-bond acceptors (Lipinski definition) is 6. The van der Waals surface area contributed by atoms with Crippen molar-refractivity contribution < 1.29 is 19.1 Å². The van der Waals surface area contributed by atoms with Crippen LogP contribution in [0.4, 0.5) is 9.18 Å². The van der Waals surface area contributed by atoms with Crippen molar-refractivity contribution in [3.8, 4) is 0 Å². The molecule has 2 aliphatic rings. The van der Waals surface area contributed by atoms with Crippen LogP contribution < -0.4 is 5.32 Å². The van der Waals surface area contributed by atoms with Gasteiger partial charge in [0, 0.05) is 42.0 Å². The van der Waals surface area contributed by atoms with Crippen LogP contribution >= 0.6 is 23.2 Å². The van der Waals surface area contributed by atoms with Crippen molar-refractivity contribution in [3.05, 3.63) is 75.4 Å². The molecule has 0 bridgehead atoms. The minimum atomic E-state index is -0.801. The molecule has 1 aliphatic heterocycles. The summed E-state index contributed by atoms with van der Waals surface area (Å²) in [5, 5.41) is 17.8. The lowest BCUT2D eigenvalue weighted by Crippen LogP contribution is -2.44. The first-order valence-electron chi connectivity index (χ1n) is 14.6. The molecule has 0 spiro atoms. The maximum atomic E-state index is 12.9. The zero-order valence-electron chi connectivity index (χ0n) is 24.1. The van der Waals surface area contributed by atoms with Crippen molar-refractivity contribution >= 4 is 35.0 Å². The van der Waals surface area contributed by atoms with Gasteiger partial charge in [-0.15, -0.1) is 16.5 Å². The van der Waals surface area contributed by atoms with Crippen LogP contribution in [0.1, 0.15) is 74.2 Å². The van der Waals surface area contributed by atoms with Gasteiger partial charge in [-0.3, -0.25) is 4.79 Å². The number of ketones is 1. The quantitative estimate of drug-likeness (QED) is 0.130. The van der Waals surface area contributed by atoms with Gasteiger partial charge in [0.2, 0.25) is 0 Å². The number of hydrogen-bond donors (Lipinski definition) is 2. The van der Waals surface area contributed by atoms with Crippen LogP contribution in [0.3, 0.4) is 0 Å². The topological polar surface area (TPSA) is 102 Å². The van der Waals surface area contributed by atoms with Crippen molar-refractivity contribution in [2.75, 3.05) is 32.1 Å². The summed E-state index contributed by atoms with van der Waals surface area (Å²) in [6.07, 6.45) is 6.73. The van der Waals surface area contributed by atoms with E-state index in [1.165, 1.54) is 24.3 Å². The number of nitroso groups, excluding NO2 is 1. The molecule has 4 rings (SSSR count). The molecule has 0 aromatic heterocycles. The molecule has 0 radical (unpaired) electrons. The summed E-state index contributed by atoms with van der Waals surface area (Å²) in [7, 11) is 0. The van der Waals surface area contributed by atoms with Crippen molar-refractivity contribution in [3.63, 3.8) is 0 Å². The van der Waals surface area contributed by atoms with Gasteiger partial charge in [0.25, 0.3) is 0 Å². The molecule has 1 aliphatic carbocycles. The molecule has 0 unspecified atom stereocenters. The summed E-state index contributed by atoms with van der Waals surface area (Å²) >= 11 is 11.4. The normalized spacial score (nSPS) is 20.1. The number of piperidine rings is 1.